The average Bonchev–Trinajstić information content (AvgIpc) is 2.55. The first-order valence-corrected chi connectivity index (χ1v) is 8.58. The van der Waals surface area contributed by atoms with E-state index >= 15 is 0 Å². The maximum atomic E-state index is 13.2. The third kappa shape index (κ3) is 3.07. The Labute approximate surface area is 153 Å². The second-order valence-corrected chi connectivity index (χ2v) is 7.31. The number of amides is 2. The van der Waals surface area contributed by atoms with E-state index in [0.29, 0.717) is 11.3 Å². The molecule has 0 atom stereocenters. The van der Waals surface area contributed by atoms with E-state index in [9.17, 15) is 9.59 Å². The van der Waals surface area contributed by atoms with E-state index in [1.165, 1.54) is 9.80 Å². The molecule has 128 valence electrons. The van der Waals surface area contributed by atoms with Gasteiger partial charge in [0, 0.05) is 5.54 Å². The quantitative estimate of drug-likeness (QED) is 0.439. The molecule has 0 N–H and O–H groups in total. The number of benzene rings is 1. The molecule has 4 nitrogen and oxygen atoms in total. The van der Waals surface area contributed by atoms with Crippen LogP contribution < -0.4 is 4.90 Å². The highest BCUT2D eigenvalue weighted by molar-refractivity contribution is 7.80. The van der Waals surface area contributed by atoms with Crippen LogP contribution in [0.1, 0.15) is 27.2 Å². The first-order valence-electron chi connectivity index (χ1n) is 8.18. The lowest BCUT2D eigenvalue weighted by molar-refractivity contribution is -0.130. The van der Waals surface area contributed by atoms with Crippen molar-refractivity contribution in [3.05, 3.63) is 65.8 Å². The van der Waals surface area contributed by atoms with Gasteiger partial charge >= 0.3 is 0 Å². The van der Waals surface area contributed by atoms with Gasteiger partial charge in [-0.15, -0.1) is 0 Å². The van der Waals surface area contributed by atoms with E-state index < -0.39 is 5.54 Å². The zero-order valence-electron chi connectivity index (χ0n) is 14.5. The zero-order chi connectivity index (χ0) is 18.2. The minimum atomic E-state index is -0.546. The molecule has 0 unspecified atom stereocenters. The van der Waals surface area contributed by atoms with Gasteiger partial charge in [-0.2, -0.15) is 0 Å². The van der Waals surface area contributed by atoms with E-state index in [1.54, 1.807) is 0 Å². The number of allylic oxidation sites excluding steroid dienone is 5. The number of anilines is 1. The summed E-state index contributed by atoms with van der Waals surface area (Å²) in [6.45, 7) is 5.72. The van der Waals surface area contributed by atoms with Crippen LogP contribution >= 0.6 is 12.2 Å². The molecule has 1 aliphatic heterocycles. The van der Waals surface area contributed by atoms with Crippen molar-refractivity contribution < 1.29 is 9.59 Å². The zero-order valence-corrected chi connectivity index (χ0v) is 15.3. The highest BCUT2D eigenvalue weighted by Gasteiger charge is 2.45. The summed E-state index contributed by atoms with van der Waals surface area (Å²) in [5.41, 5.74) is 0.884. The van der Waals surface area contributed by atoms with Crippen LogP contribution in [0, 0.1) is 0 Å². The maximum absolute atomic E-state index is 13.2. The fraction of sp³-hybridized carbons (Fsp3) is 0.250. The van der Waals surface area contributed by atoms with Crippen molar-refractivity contribution in [1.29, 1.82) is 0 Å². The number of carbonyl (C=O) groups excluding carboxylic acids is 2. The van der Waals surface area contributed by atoms with Crippen molar-refractivity contribution in [2.24, 2.45) is 0 Å². The number of carbonyl (C=O) groups is 2. The molecule has 3 rings (SSSR count). The number of nitrogens with zero attached hydrogens (tertiary/aromatic N) is 2. The van der Waals surface area contributed by atoms with Crippen molar-refractivity contribution in [3.8, 4) is 0 Å². The third-order valence-electron chi connectivity index (χ3n) is 4.06. The number of thiocarbonyl (C=S) groups is 1. The van der Waals surface area contributed by atoms with Gasteiger partial charge < -0.3 is 0 Å². The molecule has 1 aromatic carbocycles. The molecular formula is C20H20N2O2S. The molecule has 0 saturated carbocycles. The summed E-state index contributed by atoms with van der Waals surface area (Å²) >= 11 is 5.54. The molecule has 0 bridgehead atoms. The van der Waals surface area contributed by atoms with Gasteiger partial charge in [0.1, 0.15) is 5.57 Å². The van der Waals surface area contributed by atoms with Crippen molar-refractivity contribution in [3.63, 3.8) is 0 Å². The van der Waals surface area contributed by atoms with E-state index in [1.807, 2.05) is 75.4 Å². The minimum Gasteiger partial charge on any atom is -0.279 e. The summed E-state index contributed by atoms with van der Waals surface area (Å²) in [5, 5.41) is 0.210. The Hall–Kier alpha value is -2.53. The minimum absolute atomic E-state index is 0.152. The Morgan fingerprint density at radius 3 is 2.12 bits per heavy atom. The largest absolute Gasteiger partial charge is 0.279 e. The molecule has 1 saturated heterocycles. The second kappa shape index (κ2) is 6.41. The lowest BCUT2D eigenvalue weighted by atomic mass is 9.96. The van der Waals surface area contributed by atoms with E-state index in [4.69, 9.17) is 12.2 Å². The highest BCUT2D eigenvalue weighted by atomic mass is 32.1. The Bertz CT molecular complexity index is 815. The Balaban J connectivity index is 2.21. The molecule has 1 aromatic rings. The topological polar surface area (TPSA) is 40.6 Å². The molecule has 25 heavy (non-hydrogen) atoms. The summed E-state index contributed by atoms with van der Waals surface area (Å²) in [6.07, 6.45) is 8.31. The summed E-state index contributed by atoms with van der Waals surface area (Å²) < 4.78 is 0. The standard InChI is InChI=1S/C20H20N2O2S/c1-20(2,3)22-18(24)16(14-10-6-4-7-11-14)17(23)21(19(22)25)15-12-8-5-9-13-15/h5-13H,4H2,1-3H3. The lowest BCUT2D eigenvalue weighted by Gasteiger charge is -2.43. The van der Waals surface area contributed by atoms with Gasteiger partial charge in [0.25, 0.3) is 11.8 Å². The van der Waals surface area contributed by atoms with Crippen LogP contribution in [0.5, 0.6) is 0 Å². The average molecular weight is 352 g/mol. The molecule has 1 heterocycles. The van der Waals surface area contributed by atoms with Gasteiger partial charge in [0.05, 0.1) is 5.69 Å². The van der Waals surface area contributed by atoms with Gasteiger partial charge in [-0.3, -0.25) is 19.4 Å². The number of hydrogen-bond acceptors (Lipinski definition) is 3. The Kier molecular flexibility index (Phi) is 4.43. The molecule has 1 aliphatic carbocycles. The Morgan fingerprint density at radius 1 is 0.960 bits per heavy atom. The fourth-order valence-electron chi connectivity index (χ4n) is 2.92. The van der Waals surface area contributed by atoms with Gasteiger partial charge in [-0.25, -0.2) is 0 Å². The van der Waals surface area contributed by atoms with Crippen LogP contribution in [-0.4, -0.2) is 27.4 Å². The van der Waals surface area contributed by atoms with Crippen molar-refractivity contribution in [2.75, 3.05) is 4.90 Å². The first-order chi connectivity index (χ1) is 11.8. The van der Waals surface area contributed by atoms with E-state index in [2.05, 4.69) is 0 Å². The molecule has 2 aliphatic rings. The van der Waals surface area contributed by atoms with Crippen LogP contribution in [0.4, 0.5) is 5.69 Å². The first kappa shape index (κ1) is 17.3. The molecule has 0 aromatic heterocycles. The van der Waals surface area contributed by atoms with Crippen LogP contribution in [0.3, 0.4) is 0 Å². The van der Waals surface area contributed by atoms with Crippen molar-refractivity contribution >= 4 is 34.8 Å². The summed E-state index contributed by atoms with van der Waals surface area (Å²) in [5.74, 6) is -0.728. The van der Waals surface area contributed by atoms with Crippen molar-refractivity contribution in [2.45, 2.75) is 32.7 Å². The number of rotatable bonds is 1. The SMILES string of the molecule is CC(C)(C)N1C(=O)C(=C2C=CCC=C2)C(=O)N(c2ccccc2)C1=S. The monoisotopic (exact) mass is 352 g/mol. The summed E-state index contributed by atoms with van der Waals surface area (Å²) in [4.78, 5) is 29.3. The molecule has 0 radical (unpaired) electrons. The summed E-state index contributed by atoms with van der Waals surface area (Å²) in [6, 6.07) is 9.19. The number of para-hydroxylation sites is 1. The summed E-state index contributed by atoms with van der Waals surface area (Å²) in [7, 11) is 0. The highest BCUT2D eigenvalue weighted by Crippen LogP contribution is 2.31. The van der Waals surface area contributed by atoms with E-state index in [0.717, 1.165) is 6.42 Å². The third-order valence-corrected chi connectivity index (χ3v) is 4.42. The van der Waals surface area contributed by atoms with Crippen LogP contribution in [0.15, 0.2) is 65.8 Å². The van der Waals surface area contributed by atoms with Gasteiger partial charge in [-0.1, -0.05) is 42.5 Å². The molecule has 0 spiro atoms. The van der Waals surface area contributed by atoms with Gasteiger partial charge in [0.2, 0.25) is 0 Å². The van der Waals surface area contributed by atoms with Crippen LogP contribution in [0.25, 0.3) is 0 Å². The maximum Gasteiger partial charge on any atom is 0.270 e. The predicted molar refractivity (Wildman–Crippen MR) is 103 cm³/mol. The molecule has 1 fully saturated rings. The number of hydrogen-bond donors (Lipinski definition) is 0. The van der Waals surface area contributed by atoms with Crippen molar-refractivity contribution in [1.82, 2.24) is 4.90 Å². The normalized spacial score (nSPS) is 18.4. The molecule has 5 heteroatoms. The second-order valence-electron chi connectivity index (χ2n) is 6.94. The van der Waals surface area contributed by atoms with Gasteiger partial charge in [-0.05, 0) is 57.1 Å². The lowest BCUT2D eigenvalue weighted by Crippen LogP contribution is -2.62. The van der Waals surface area contributed by atoms with Gasteiger partial charge in [0.15, 0.2) is 5.11 Å². The smallest absolute Gasteiger partial charge is 0.270 e. The van der Waals surface area contributed by atoms with Crippen LogP contribution in [-0.2, 0) is 9.59 Å². The predicted octanol–water partition coefficient (Wildman–Crippen LogP) is 3.76. The fourth-order valence-corrected chi connectivity index (χ4v) is 3.47. The Morgan fingerprint density at radius 2 is 1.56 bits per heavy atom. The van der Waals surface area contributed by atoms with E-state index in [-0.39, 0.29) is 22.5 Å². The molecular weight excluding hydrogens is 332 g/mol. The van der Waals surface area contributed by atoms with Crippen LogP contribution in [0.2, 0.25) is 0 Å². The molecule has 2 amide bonds.